The van der Waals surface area contributed by atoms with E-state index < -0.39 is 0 Å². The van der Waals surface area contributed by atoms with Crippen LogP contribution in [0.4, 0.5) is 0 Å². The first-order chi connectivity index (χ1) is 12.3. The van der Waals surface area contributed by atoms with E-state index in [1.165, 1.54) is 25.2 Å². The van der Waals surface area contributed by atoms with Gasteiger partial charge in [-0.25, -0.2) is 4.68 Å². The Kier molecular flexibility index (Phi) is 4.44. The zero-order valence-corrected chi connectivity index (χ0v) is 14.3. The molecule has 25 heavy (non-hydrogen) atoms. The summed E-state index contributed by atoms with van der Waals surface area (Å²) in [4.78, 5) is 14.6. The maximum atomic E-state index is 12.8. The average Bonchev–Trinajstić information content (AvgIpc) is 3.38. The molecule has 8 nitrogen and oxygen atoms in total. The van der Waals surface area contributed by atoms with Gasteiger partial charge in [0.15, 0.2) is 0 Å². The number of rotatable bonds is 6. The summed E-state index contributed by atoms with van der Waals surface area (Å²) in [7, 11) is 0. The van der Waals surface area contributed by atoms with Crippen molar-refractivity contribution in [3.05, 3.63) is 35.4 Å². The van der Waals surface area contributed by atoms with Crippen LogP contribution in [-0.4, -0.2) is 55.8 Å². The molecule has 4 rings (SSSR count). The molecule has 1 saturated carbocycles. The van der Waals surface area contributed by atoms with Crippen molar-refractivity contribution in [1.82, 2.24) is 30.1 Å². The highest BCUT2D eigenvalue weighted by Gasteiger charge is 2.33. The van der Waals surface area contributed by atoms with Crippen LogP contribution in [0.25, 0.3) is 0 Å². The molecular formula is C17H22N6O2. The third-order valence-electron chi connectivity index (χ3n) is 4.80. The minimum absolute atomic E-state index is 0.0567. The van der Waals surface area contributed by atoms with Gasteiger partial charge < -0.3 is 9.64 Å². The number of amides is 1. The van der Waals surface area contributed by atoms with Gasteiger partial charge in [0.05, 0.1) is 36.8 Å². The summed E-state index contributed by atoms with van der Waals surface area (Å²) in [5.74, 6) is 0.757. The minimum atomic E-state index is -0.0567. The number of ether oxygens (including phenoxy) is 1. The molecule has 132 valence electrons. The van der Waals surface area contributed by atoms with Crippen LogP contribution in [-0.2, 0) is 17.8 Å². The Morgan fingerprint density at radius 2 is 2.20 bits per heavy atom. The normalized spacial score (nSPS) is 19.7. The molecule has 0 spiro atoms. The first-order valence-electron chi connectivity index (χ1n) is 8.82. The molecule has 1 fully saturated rings. The van der Waals surface area contributed by atoms with Crippen LogP contribution >= 0.6 is 0 Å². The van der Waals surface area contributed by atoms with Crippen LogP contribution in [0.2, 0.25) is 0 Å². The summed E-state index contributed by atoms with van der Waals surface area (Å²) in [6, 6.07) is 1.69. The first kappa shape index (κ1) is 16.1. The molecule has 1 amide bonds. The molecule has 3 heterocycles. The molecule has 1 atom stereocenters. The fourth-order valence-electron chi connectivity index (χ4n) is 3.29. The Labute approximate surface area is 146 Å². The Hall–Kier alpha value is -2.35. The lowest BCUT2D eigenvalue weighted by Crippen LogP contribution is -2.40. The van der Waals surface area contributed by atoms with E-state index in [1.54, 1.807) is 11.0 Å². The predicted octanol–water partition coefficient (Wildman–Crippen LogP) is 1.25. The van der Waals surface area contributed by atoms with Gasteiger partial charge >= 0.3 is 0 Å². The van der Waals surface area contributed by atoms with E-state index in [0.717, 1.165) is 30.5 Å². The summed E-state index contributed by atoms with van der Waals surface area (Å²) in [6.07, 6.45) is 5.57. The molecule has 2 aromatic rings. The number of hydrogen-bond donors (Lipinski definition) is 0. The Morgan fingerprint density at radius 3 is 2.92 bits per heavy atom. The zero-order valence-electron chi connectivity index (χ0n) is 14.3. The number of carbonyl (C=O) groups is 1. The van der Waals surface area contributed by atoms with E-state index in [9.17, 15) is 4.79 Å². The van der Waals surface area contributed by atoms with Crippen LogP contribution in [0.5, 0.6) is 0 Å². The lowest BCUT2D eigenvalue weighted by atomic mass is 9.98. The standard InChI is InChI=1S/C17H22N6O2/c1-2-23-16-14(11-25-10-12-3-4-12)8-22(9-15(16)20-21-23)17(24)13-5-6-18-19-7-13/h5-7,12,14H,2-4,8-11H2,1H3/t14-/m1/s1. The van der Waals surface area contributed by atoms with Gasteiger partial charge in [-0.15, -0.1) is 5.10 Å². The van der Waals surface area contributed by atoms with Crippen LogP contribution < -0.4 is 0 Å². The third-order valence-corrected chi connectivity index (χ3v) is 4.80. The van der Waals surface area contributed by atoms with Crippen molar-refractivity contribution < 1.29 is 9.53 Å². The Morgan fingerprint density at radius 1 is 1.32 bits per heavy atom. The lowest BCUT2D eigenvalue weighted by Gasteiger charge is -2.32. The van der Waals surface area contributed by atoms with Crippen LogP contribution in [0.3, 0.4) is 0 Å². The van der Waals surface area contributed by atoms with Crippen molar-refractivity contribution >= 4 is 5.91 Å². The summed E-state index contributed by atoms with van der Waals surface area (Å²) in [5.41, 5.74) is 2.51. The maximum Gasteiger partial charge on any atom is 0.255 e. The van der Waals surface area contributed by atoms with Crippen molar-refractivity contribution in [2.24, 2.45) is 5.92 Å². The molecule has 0 bridgehead atoms. The molecule has 0 radical (unpaired) electrons. The highest BCUT2D eigenvalue weighted by Crippen LogP contribution is 2.31. The summed E-state index contributed by atoms with van der Waals surface area (Å²) in [6.45, 7) is 5.29. The van der Waals surface area contributed by atoms with Gasteiger partial charge in [0.25, 0.3) is 5.91 Å². The fourth-order valence-corrected chi connectivity index (χ4v) is 3.29. The van der Waals surface area contributed by atoms with E-state index in [2.05, 4.69) is 27.4 Å². The number of aryl methyl sites for hydroxylation is 1. The van der Waals surface area contributed by atoms with E-state index in [1.807, 2.05) is 4.68 Å². The molecule has 8 heteroatoms. The molecule has 2 aliphatic rings. The summed E-state index contributed by atoms with van der Waals surface area (Å²) >= 11 is 0. The van der Waals surface area contributed by atoms with E-state index in [4.69, 9.17) is 4.74 Å². The lowest BCUT2D eigenvalue weighted by molar-refractivity contribution is 0.0616. The fraction of sp³-hybridized carbons (Fsp3) is 0.588. The first-order valence-corrected chi connectivity index (χ1v) is 8.82. The van der Waals surface area contributed by atoms with E-state index in [-0.39, 0.29) is 11.8 Å². The topological polar surface area (TPSA) is 86.0 Å². The van der Waals surface area contributed by atoms with Crippen LogP contribution in [0, 0.1) is 5.92 Å². The van der Waals surface area contributed by atoms with Gasteiger partial charge in [-0.2, -0.15) is 10.2 Å². The van der Waals surface area contributed by atoms with Crippen LogP contribution in [0.1, 0.15) is 47.4 Å². The van der Waals surface area contributed by atoms with Crippen molar-refractivity contribution in [1.29, 1.82) is 0 Å². The number of hydrogen-bond acceptors (Lipinski definition) is 6. The number of fused-ring (bicyclic) bond motifs is 1. The predicted molar refractivity (Wildman–Crippen MR) is 88.8 cm³/mol. The van der Waals surface area contributed by atoms with Crippen LogP contribution in [0.15, 0.2) is 18.5 Å². The third kappa shape index (κ3) is 3.39. The van der Waals surface area contributed by atoms with Gasteiger partial charge in [-0.3, -0.25) is 4.79 Å². The van der Waals surface area contributed by atoms with Crippen molar-refractivity contribution in [3.8, 4) is 0 Å². The molecule has 0 unspecified atom stereocenters. The minimum Gasteiger partial charge on any atom is -0.380 e. The molecule has 2 aromatic heterocycles. The molecule has 0 aromatic carbocycles. The van der Waals surface area contributed by atoms with Gasteiger partial charge in [0.2, 0.25) is 0 Å². The Bertz CT molecular complexity index is 743. The van der Waals surface area contributed by atoms with Gasteiger partial charge in [-0.1, -0.05) is 5.21 Å². The quantitative estimate of drug-likeness (QED) is 0.785. The maximum absolute atomic E-state index is 12.8. The van der Waals surface area contributed by atoms with Crippen molar-refractivity contribution in [2.45, 2.75) is 38.8 Å². The molecule has 0 saturated heterocycles. The van der Waals surface area contributed by atoms with Crippen molar-refractivity contribution in [3.63, 3.8) is 0 Å². The highest BCUT2D eigenvalue weighted by molar-refractivity contribution is 5.93. The molecular weight excluding hydrogens is 320 g/mol. The number of aromatic nitrogens is 5. The van der Waals surface area contributed by atoms with E-state index >= 15 is 0 Å². The average molecular weight is 342 g/mol. The molecule has 1 aliphatic heterocycles. The SMILES string of the molecule is CCn1nnc2c1[C@@H](COCC1CC1)CN(C(=O)c1ccnnc1)C2. The zero-order chi connectivity index (χ0) is 17.2. The Balaban J connectivity index is 1.54. The van der Waals surface area contributed by atoms with Gasteiger partial charge in [0, 0.05) is 25.6 Å². The summed E-state index contributed by atoms with van der Waals surface area (Å²) < 4.78 is 7.85. The van der Waals surface area contributed by atoms with Crippen molar-refractivity contribution in [2.75, 3.05) is 19.8 Å². The largest absolute Gasteiger partial charge is 0.380 e. The smallest absolute Gasteiger partial charge is 0.255 e. The van der Waals surface area contributed by atoms with Gasteiger partial charge in [-0.05, 0) is 31.7 Å². The number of nitrogens with zero attached hydrogens (tertiary/aromatic N) is 6. The number of carbonyl (C=O) groups excluding carboxylic acids is 1. The second-order valence-electron chi connectivity index (χ2n) is 6.73. The molecule has 1 aliphatic carbocycles. The monoisotopic (exact) mass is 342 g/mol. The second-order valence-corrected chi connectivity index (χ2v) is 6.73. The summed E-state index contributed by atoms with van der Waals surface area (Å²) in [5, 5.41) is 16.1. The van der Waals surface area contributed by atoms with E-state index in [0.29, 0.717) is 25.3 Å². The highest BCUT2D eigenvalue weighted by atomic mass is 16.5. The molecule has 0 N–H and O–H groups in total. The van der Waals surface area contributed by atoms with Gasteiger partial charge in [0.1, 0.15) is 5.69 Å². The second kappa shape index (κ2) is 6.87.